The molecule has 1 atom stereocenters. The summed E-state index contributed by atoms with van der Waals surface area (Å²) in [6.07, 6.45) is 2.38. The fraction of sp³-hybridized carbons (Fsp3) is 0.529. The largest absolute Gasteiger partial charge is 0.491 e. The first-order valence-electron chi connectivity index (χ1n) is 7.60. The minimum Gasteiger partial charge on any atom is -0.491 e. The maximum Gasteiger partial charge on any atom is 0.120 e. The van der Waals surface area contributed by atoms with Crippen LogP contribution in [0.1, 0.15) is 44.9 Å². The molecule has 1 aromatic heterocycles. The van der Waals surface area contributed by atoms with E-state index in [0.717, 1.165) is 25.1 Å². The summed E-state index contributed by atoms with van der Waals surface area (Å²) >= 11 is 0. The molecule has 2 aromatic rings. The predicted molar refractivity (Wildman–Crippen MR) is 85.2 cm³/mol. The van der Waals surface area contributed by atoms with Gasteiger partial charge in [-0.1, -0.05) is 13.8 Å². The summed E-state index contributed by atoms with van der Waals surface area (Å²) < 4.78 is 8.30. The lowest BCUT2D eigenvalue weighted by Gasteiger charge is -2.13. The van der Waals surface area contributed by atoms with Gasteiger partial charge in [0.15, 0.2) is 0 Å². The maximum atomic E-state index is 5.95. The van der Waals surface area contributed by atoms with Crippen LogP contribution < -0.4 is 10.5 Å². The highest BCUT2D eigenvalue weighted by atomic mass is 16.5. The van der Waals surface area contributed by atoms with Crippen molar-refractivity contribution in [3.63, 3.8) is 0 Å². The van der Waals surface area contributed by atoms with Crippen molar-refractivity contribution in [2.45, 2.75) is 59.7 Å². The van der Waals surface area contributed by atoms with Crippen LogP contribution in [0.5, 0.6) is 5.75 Å². The Morgan fingerprint density at radius 1 is 1.30 bits per heavy atom. The highest BCUT2D eigenvalue weighted by Gasteiger charge is 2.13. The monoisotopic (exact) mass is 274 g/mol. The summed E-state index contributed by atoms with van der Waals surface area (Å²) in [6.45, 7) is 10.2. The fourth-order valence-corrected chi connectivity index (χ4v) is 2.69. The minimum atomic E-state index is 0.243. The lowest BCUT2D eigenvalue weighted by molar-refractivity contribution is 0.217. The molecule has 0 saturated carbocycles. The van der Waals surface area contributed by atoms with E-state index in [1.54, 1.807) is 0 Å². The Bertz CT molecular complexity index is 586. The molecule has 2 rings (SSSR count). The van der Waals surface area contributed by atoms with Crippen molar-refractivity contribution in [1.82, 2.24) is 4.57 Å². The number of hydrogen-bond acceptors (Lipinski definition) is 2. The minimum absolute atomic E-state index is 0.243. The standard InChI is InChI=1S/C17H26N2O/c1-5-9-19-13(4)16(11-18)15-10-14(7-8-17(15)19)20-12(3)6-2/h7-8,10,12H,5-6,9,11,18H2,1-4H3. The van der Waals surface area contributed by atoms with Gasteiger partial charge in [-0.2, -0.15) is 0 Å². The molecule has 3 nitrogen and oxygen atoms in total. The van der Waals surface area contributed by atoms with Crippen LogP contribution in [0.15, 0.2) is 18.2 Å². The molecular weight excluding hydrogens is 248 g/mol. The molecule has 1 heterocycles. The number of nitrogens with two attached hydrogens (primary N) is 1. The van der Waals surface area contributed by atoms with Crippen molar-refractivity contribution in [3.8, 4) is 5.75 Å². The molecule has 1 unspecified atom stereocenters. The molecule has 0 fully saturated rings. The third kappa shape index (κ3) is 2.68. The van der Waals surface area contributed by atoms with Crippen LogP contribution in [0.3, 0.4) is 0 Å². The lowest BCUT2D eigenvalue weighted by Crippen LogP contribution is -2.09. The summed E-state index contributed by atoms with van der Waals surface area (Å²) in [5.41, 5.74) is 9.74. The molecule has 20 heavy (non-hydrogen) atoms. The number of ether oxygens (including phenoxy) is 1. The highest BCUT2D eigenvalue weighted by molar-refractivity contribution is 5.87. The summed E-state index contributed by atoms with van der Waals surface area (Å²) in [7, 11) is 0. The number of aryl methyl sites for hydroxylation is 1. The Hall–Kier alpha value is -1.48. The van der Waals surface area contributed by atoms with Gasteiger partial charge in [-0.3, -0.25) is 0 Å². The molecule has 0 radical (unpaired) electrons. The number of nitrogens with zero attached hydrogens (tertiary/aromatic N) is 1. The van der Waals surface area contributed by atoms with Gasteiger partial charge in [0.1, 0.15) is 5.75 Å². The first-order valence-corrected chi connectivity index (χ1v) is 7.60. The Labute approximate surface area is 121 Å². The molecular formula is C17H26N2O. The van der Waals surface area contributed by atoms with Gasteiger partial charge in [0.2, 0.25) is 0 Å². The second kappa shape index (κ2) is 6.31. The second-order valence-electron chi connectivity index (χ2n) is 5.44. The lowest BCUT2D eigenvalue weighted by atomic mass is 10.1. The van der Waals surface area contributed by atoms with Crippen molar-refractivity contribution >= 4 is 10.9 Å². The average Bonchev–Trinajstić information content (AvgIpc) is 2.71. The normalized spacial score (nSPS) is 12.8. The van der Waals surface area contributed by atoms with E-state index in [1.807, 2.05) is 0 Å². The Morgan fingerprint density at radius 3 is 2.65 bits per heavy atom. The number of fused-ring (bicyclic) bond motifs is 1. The SMILES string of the molecule is CCCn1c(C)c(CN)c2cc(OC(C)CC)ccc21. The summed E-state index contributed by atoms with van der Waals surface area (Å²) in [5.74, 6) is 0.940. The van der Waals surface area contributed by atoms with Crippen molar-refractivity contribution < 1.29 is 4.74 Å². The Morgan fingerprint density at radius 2 is 2.05 bits per heavy atom. The van der Waals surface area contributed by atoms with E-state index in [-0.39, 0.29) is 6.10 Å². The second-order valence-corrected chi connectivity index (χ2v) is 5.44. The van der Waals surface area contributed by atoms with Gasteiger partial charge < -0.3 is 15.0 Å². The van der Waals surface area contributed by atoms with Crippen molar-refractivity contribution in [1.29, 1.82) is 0 Å². The topological polar surface area (TPSA) is 40.2 Å². The van der Waals surface area contributed by atoms with Gasteiger partial charge in [-0.05, 0) is 50.5 Å². The number of aromatic nitrogens is 1. The third-order valence-electron chi connectivity index (χ3n) is 3.99. The highest BCUT2D eigenvalue weighted by Crippen LogP contribution is 2.30. The van der Waals surface area contributed by atoms with Crippen LogP contribution >= 0.6 is 0 Å². The molecule has 0 amide bonds. The van der Waals surface area contributed by atoms with E-state index in [4.69, 9.17) is 10.5 Å². The predicted octanol–water partition coefficient (Wildman–Crippen LogP) is 4.00. The van der Waals surface area contributed by atoms with Crippen LogP contribution in [-0.4, -0.2) is 10.7 Å². The van der Waals surface area contributed by atoms with Gasteiger partial charge in [0, 0.05) is 29.7 Å². The van der Waals surface area contributed by atoms with Crippen LogP contribution in [0.2, 0.25) is 0 Å². The first-order chi connectivity index (χ1) is 9.62. The summed E-state index contributed by atoms with van der Waals surface area (Å²) in [6, 6.07) is 6.37. The molecule has 110 valence electrons. The molecule has 3 heteroatoms. The van der Waals surface area contributed by atoms with E-state index in [2.05, 4.69) is 50.5 Å². The zero-order valence-corrected chi connectivity index (χ0v) is 13.1. The zero-order valence-electron chi connectivity index (χ0n) is 13.1. The van der Waals surface area contributed by atoms with E-state index in [9.17, 15) is 0 Å². The van der Waals surface area contributed by atoms with Gasteiger partial charge >= 0.3 is 0 Å². The summed E-state index contributed by atoms with van der Waals surface area (Å²) in [4.78, 5) is 0. The van der Waals surface area contributed by atoms with Gasteiger partial charge in [-0.15, -0.1) is 0 Å². The smallest absolute Gasteiger partial charge is 0.120 e. The quantitative estimate of drug-likeness (QED) is 0.865. The van der Waals surface area contributed by atoms with Crippen LogP contribution in [-0.2, 0) is 13.1 Å². The van der Waals surface area contributed by atoms with E-state index in [0.29, 0.717) is 6.54 Å². The summed E-state index contributed by atoms with van der Waals surface area (Å²) in [5, 5.41) is 1.24. The Kier molecular flexibility index (Phi) is 4.71. The van der Waals surface area contributed by atoms with E-state index < -0.39 is 0 Å². The molecule has 0 bridgehead atoms. The van der Waals surface area contributed by atoms with Crippen LogP contribution in [0.4, 0.5) is 0 Å². The molecule has 2 N–H and O–H groups in total. The first kappa shape index (κ1) is 14.9. The Balaban J connectivity index is 2.50. The van der Waals surface area contributed by atoms with Gasteiger partial charge in [-0.25, -0.2) is 0 Å². The number of benzene rings is 1. The van der Waals surface area contributed by atoms with E-state index >= 15 is 0 Å². The van der Waals surface area contributed by atoms with Crippen molar-refractivity contribution in [2.24, 2.45) is 5.73 Å². The van der Waals surface area contributed by atoms with E-state index in [1.165, 1.54) is 22.2 Å². The fourth-order valence-electron chi connectivity index (χ4n) is 2.69. The number of hydrogen-bond donors (Lipinski definition) is 1. The maximum absolute atomic E-state index is 5.95. The average molecular weight is 274 g/mol. The molecule has 0 aliphatic rings. The molecule has 0 aliphatic heterocycles. The zero-order chi connectivity index (χ0) is 14.7. The van der Waals surface area contributed by atoms with Crippen molar-refractivity contribution in [2.75, 3.05) is 0 Å². The number of rotatable bonds is 6. The molecule has 0 saturated heterocycles. The molecule has 0 spiro atoms. The molecule has 1 aromatic carbocycles. The van der Waals surface area contributed by atoms with Crippen LogP contribution in [0.25, 0.3) is 10.9 Å². The van der Waals surface area contributed by atoms with Gasteiger partial charge in [0.05, 0.1) is 6.10 Å². The van der Waals surface area contributed by atoms with Crippen LogP contribution in [0, 0.1) is 6.92 Å². The third-order valence-corrected chi connectivity index (χ3v) is 3.99. The van der Waals surface area contributed by atoms with Gasteiger partial charge in [0.25, 0.3) is 0 Å². The van der Waals surface area contributed by atoms with Crippen molar-refractivity contribution in [3.05, 3.63) is 29.5 Å². The molecule has 0 aliphatic carbocycles.